The first-order valence-electron chi connectivity index (χ1n) is 7.79. The minimum atomic E-state index is -3.67. The molecule has 0 atom stereocenters. The van der Waals surface area contributed by atoms with Crippen LogP contribution in [0.4, 0.5) is 8.78 Å². The van der Waals surface area contributed by atoms with E-state index in [1.165, 1.54) is 16.4 Å². The Hall–Kier alpha value is -2.03. The topological polar surface area (TPSA) is 58.6 Å². The average Bonchev–Trinajstić information content (AvgIpc) is 2.59. The zero-order valence-electron chi connectivity index (χ0n) is 13.4. The molecule has 0 radical (unpaired) electrons. The molecule has 0 aliphatic carbocycles. The third-order valence-electron chi connectivity index (χ3n) is 4.02. The molecular weight excluding hydrogens is 350 g/mol. The summed E-state index contributed by atoms with van der Waals surface area (Å²) in [5, 5.41) is 0. The molecule has 3 rings (SSSR count). The van der Waals surface area contributed by atoms with Crippen LogP contribution >= 0.6 is 0 Å². The van der Waals surface area contributed by atoms with Crippen molar-refractivity contribution in [1.82, 2.24) is 9.03 Å². The van der Waals surface area contributed by atoms with Crippen LogP contribution in [0.25, 0.3) is 0 Å². The van der Waals surface area contributed by atoms with E-state index in [9.17, 15) is 17.2 Å². The van der Waals surface area contributed by atoms with Crippen LogP contribution in [-0.4, -0.2) is 25.9 Å². The zero-order chi connectivity index (χ0) is 17.9. The molecule has 1 aliphatic heterocycles. The first-order chi connectivity index (χ1) is 11.9. The number of nitrogens with zero attached hydrogens (tertiary/aromatic N) is 1. The van der Waals surface area contributed by atoms with Gasteiger partial charge in [-0.2, -0.15) is 26.2 Å². The number of ether oxygens (including phenoxy) is 1. The largest absolute Gasteiger partial charge is 0.435 e. The Kier molecular flexibility index (Phi) is 5.31. The number of fused-ring (bicyclic) bond motifs is 1. The monoisotopic (exact) mass is 368 g/mol. The second kappa shape index (κ2) is 7.47. The van der Waals surface area contributed by atoms with Crippen molar-refractivity contribution in [1.29, 1.82) is 0 Å². The van der Waals surface area contributed by atoms with Gasteiger partial charge in [0.05, 0.1) is 0 Å². The molecule has 1 N–H and O–H groups in total. The van der Waals surface area contributed by atoms with Crippen molar-refractivity contribution in [2.24, 2.45) is 0 Å². The first-order valence-corrected chi connectivity index (χ1v) is 9.23. The maximum absolute atomic E-state index is 12.5. The minimum Gasteiger partial charge on any atom is -0.435 e. The van der Waals surface area contributed by atoms with Gasteiger partial charge in [-0.3, -0.25) is 0 Å². The number of alkyl halides is 2. The van der Waals surface area contributed by atoms with Gasteiger partial charge in [0.15, 0.2) is 0 Å². The van der Waals surface area contributed by atoms with Crippen LogP contribution in [-0.2, 0) is 29.7 Å². The lowest BCUT2D eigenvalue weighted by atomic mass is 10.0. The van der Waals surface area contributed by atoms with Crippen LogP contribution in [0, 0.1) is 0 Å². The van der Waals surface area contributed by atoms with Gasteiger partial charge in [0.2, 0.25) is 0 Å². The molecule has 25 heavy (non-hydrogen) atoms. The Bertz CT molecular complexity index is 843. The Morgan fingerprint density at radius 2 is 1.88 bits per heavy atom. The summed E-state index contributed by atoms with van der Waals surface area (Å²) in [7, 11) is -3.67. The molecule has 0 bridgehead atoms. The van der Waals surface area contributed by atoms with E-state index in [-0.39, 0.29) is 12.3 Å². The van der Waals surface area contributed by atoms with Gasteiger partial charge in [-0.25, -0.2) is 0 Å². The summed E-state index contributed by atoms with van der Waals surface area (Å²) >= 11 is 0. The Labute approximate surface area is 145 Å². The van der Waals surface area contributed by atoms with Crippen molar-refractivity contribution in [3.8, 4) is 5.75 Å². The van der Waals surface area contributed by atoms with Crippen molar-refractivity contribution >= 4 is 10.2 Å². The maximum atomic E-state index is 12.5. The highest BCUT2D eigenvalue weighted by molar-refractivity contribution is 7.87. The molecule has 0 unspecified atom stereocenters. The number of hydrogen-bond donors (Lipinski definition) is 1. The summed E-state index contributed by atoms with van der Waals surface area (Å²) < 4.78 is 57.7. The van der Waals surface area contributed by atoms with Gasteiger partial charge in [0.1, 0.15) is 5.75 Å². The number of nitrogens with one attached hydrogen (secondary N) is 1. The number of hydrogen-bond acceptors (Lipinski definition) is 3. The lowest BCUT2D eigenvalue weighted by Gasteiger charge is -2.28. The molecule has 0 fully saturated rings. The van der Waals surface area contributed by atoms with E-state index < -0.39 is 16.8 Å². The molecule has 134 valence electrons. The molecule has 0 spiro atoms. The summed E-state index contributed by atoms with van der Waals surface area (Å²) in [6.07, 6.45) is 0.662. The molecule has 0 saturated carbocycles. The number of rotatable bonds is 6. The maximum Gasteiger partial charge on any atom is 0.387 e. The van der Waals surface area contributed by atoms with E-state index in [0.29, 0.717) is 25.1 Å². The van der Waals surface area contributed by atoms with Crippen LogP contribution in [0.15, 0.2) is 48.5 Å². The minimum absolute atomic E-state index is 0.000911. The summed E-state index contributed by atoms with van der Waals surface area (Å²) in [4.78, 5) is 0. The van der Waals surface area contributed by atoms with Gasteiger partial charge >= 0.3 is 6.61 Å². The normalized spacial score (nSPS) is 15.2. The van der Waals surface area contributed by atoms with E-state index in [2.05, 4.69) is 9.46 Å². The fourth-order valence-electron chi connectivity index (χ4n) is 2.77. The molecule has 0 amide bonds. The third kappa shape index (κ3) is 4.53. The lowest BCUT2D eigenvalue weighted by Crippen LogP contribution is -2.43. The number of benzene rings is 2. The van der Waals surface area contributed by atoms with Gasteiger partial charge in [-0.15, -0.1) is 0 Å². The van der Waals surface area contributed by atoms with Gasteiger partial charge in [0.25, 0.3) is 10.2 Å². The fourth-order valence-corrected chi connectivity index (χ4v) is 3.94. The first kappa shape index (κ1) is 17.8. The van der Waals surface area contributed by atoms with Crippen molar-refractivity contribution in [2.75, 3.05) is 6.54 Å². The summed E-state index contributed by atoms with van der Waals surface area (Å²) in [6, 6.07) is 13.7. The molecule has 1 heterocycles. The molecule has 5 nitrogen and oxygen atoms in total. The standard InChI is InChI=1S/C17H18F2N2O3S/c18-17(19)24-16-7-3-4-13(10-16)11-20-25(22,23)21-9-8-14-5-1-2-6-15(14)12-21/h1-7,10,17,20H,8-9,11-12H2. The summed E-state index contributed by atoms with van der Waals surface area (Å²) in [5.74, 6) is -0.00130. The predicted molar refractivity (Wildman–Crippen MR) is 89.4 cm³/mol. The van der Waals surface area contributed by atoms with Gasteiger partial charge in [-0.05, 0) is 35.2 Å². The molecular formula is C17H18F2N2O3S. The zero-order valence-corrected chi connectivity index (χ0v) is 14.2. The van der Waals surface area contributed by atoms with Crippen molar-refractivity contribution in [3.63, 3.8) is 0 Å². The Morgan fingerprint density at radius 1 is 1.12 bits per heavy atom. The summed E-state index contributed by atoms with van der Waals surface area (Å²) in [6.45, 7) is -2.19. The van der Waals surface area contributed by atoms with Crippen LogP contribution in [0.5, 0.6) is 5.75 Å². The van der Waals surface area contributed by atoms with E-state index in [1.54, 1.807) is 12.1 Å². The van der Waals surface area contributed by atoms with Crippen LogP contribution in [0.3, 0.4) is 0 Å². The van der Waals surface area contributed by atoms with Crippen molar-refractivity contribution < 1.29 is 21.9 Å². The molecule has 2 aromatic rings. The van der Waals surface area contributed by atoms with Gasteiger partial charge < -0.3 is 4.74 Å². The highest BCUT2D eigenvalue weighted by Crippen LogP contribution is 2.21. The van der Waals surface area contributed by atoms with E-state index in [1.807, 2.05) is 24.3 Å². The molecule has 1 aliphatic rings. The molecule has 8 heteroatoms. The average molecular weight is 368 g/mol. The smallest absolute Gasteiger partial charge is 0.387 e. The summed E-state index contributed by atoms with van der Waals surface area (Å²) in [5.41, 5.74) is 2.69. The van der Waals surface area contributed by atoms with Gasteiger partial charge in [0, 0.05) is 19.6 Å². The highest BCUT2D eigenvalue weighted by Gasteiger charge is 2.26. The molecule has 0 saturated heterocycles. The van der Waals surface area contributed by atoms with Crippen molar-refractivity contribution in [3.05, 3.63) is 65.2 Å². The van der Waals surface area contributed by atoms with E-state index in [4.69, 9.17) is 0 Å². The second-order valence-corrected chi connectivity index (χ2v) is 7.46. The molecule has 2 aromatic carbocycles. The lowest BCUT2D eigenvalue weighted by molar-refractivity contribution is -0.0498. The van der Waals surface area contributed by atoms with E-state index in [0.717, 1.165) is 11.1 Å². The molecule has 0 aromatic heterocycles. The SMILES string of the molecule is O=S(=O)(NCc1cccc(OC(F)F)c1)N1CCc2ccccc2C1. The van der Waals surface area contributed by atoms with Crippen LogP contribution in [0.2, 0.25) is 0 Å². The van der Waals surface area contributed by atoms with Crippen molar-refractivity contribution in [2.45, 2.75) is 26.1 Å². The quantitative estimate of drug-likeness (QED) is 0.853. The van der Waals surface area contributed by atoms with Crippen LogP contribution in [0.1, 0.15) is 16.7 Å². The highest BCUT2D eigenvalue weighted by atomic mass is 32.2. The Balaban J connectivity index is 1.65. The third-order valence-corrected chi connectivity index (χ3v) is 5.52. The van der Waals surface area contributed by atoms with E-state index >= 15 is 0 Å². The van der Waals surface area contributed by atoms with Gasteiger partial charge in [-0.1, -0.05) is 36.4 Å². The number of halogens is 2. The Morgan fingerprint density at radius 3 is 2.64 bits per heavy atom. The second-order valence-electron chi connectivity index (χ2n) is 5.70. The fraction of sp³-hybridized carbons (Fsp3) is 0.294. The van der Waals surface area contributed by atoms with Crippen LogP contribution < -0.4 is 9.46 Å². The predicted octanol–water partition coefficient (Wildman–Crippen LogP) is 2.68.